The minimum Gasteiger partial charge on any atom is -0.238 e. The van der Waals surface area contributed by atoms with Crippen molar-refractivity contribution in [1.29, 1.82) is 10.8 Å². The third kappa shape index (κ3) is 16.8. The fourth-order valence-corrected chi connectivity index (χ4v) is 18.1. The summed E-state index contributed by atoms with van der Waals surface area (Å²) in [5.74, 6) is 0. The molecule has 8 heteroatoms. The zero-order valence-corrected chi connectivity index (χ0v) is 42.9. The van der Waals surface area contributed by atoms with Crippen molar-refractivity contribution in [2.75, 3.05) is 24.6 Å². The first-order valence-corrected chi connectivity index (χ1v) is 28.0. The van der Waals surface area contributed by atoms with Gasteiger partial charge >= 0.3 is 0 Å². The van der Waals surface area contributed by atoms with Crippen molar-refractivity contribution >= 4 is 79.8 Å². The monoisotopic (exact) mass is 1030 g/mol. The van der Waals surface area contributed by atoms with Gasteiger partial charge in [-0.2, -0.15) is 0 Å². The van der Waals surface area contributed by atoms with Gasteiger partial charge in [0.15, 0.2) is 5.69 Å². The summed E-state index contributed by atoms with van der Waals surface area (Å²) in [5.41, 5.74) is 0.701. The largest absolute Gasteiger partial charge is 0.238 e. The first-order chi connectivity index (χ1) is 32.8. The van der Waals surface area contributed by atoms with Gasteiger partial charge < -0.3 is 0 Å². The average molecular weight is 1020 g/mol. The topological polar surface area (TPSA) is 51.9 Å². The Bertz CT molecular complexity index is 2230. The van der Waals surface area contributed by atoms with Crippen LogP contribution in [0.5, 0.6) is 0 Å². The Morgan fingerprint density at radius 2 is 0.388 bits per heavy atom. The second-order valence-electron chi connectivity index (χ2n) is 14.7. The van der Waals surface area contributed by atoms with Crippen LogP contribution in [0.2, 0.25) is 0 Å². The fourth-order valence-electron chi connectivity index (χ4n) is 7.40. The van der Waals surface area contributed by atoms with E-state index in [-0.39, 0.29) is 52.8 Å². The Kier molecular flexibility index (Phi) is 23.8. The van der Waals surface area contributed by atoms with Crippen LogP contribution in [0.3, 0.4) is 0 Å². The molecule has 0 aliphatic carbocycles. The number of rotatable bonds is 14. The molecular formula is C59H53MoN3P4. The molecule has 0 atom stereocenters. The minimum absolute atomic E-state index is 0. The average Bonchev–Trinajstić information content (AvgIpc) is 3.42. The summed E-state index contributed by atoms with van der Waals surface area (Å²) in [6.07, 6.45) is 4.83. The van der Waals surface area contributed by atoms with E-state index < -0.39 is 0 Å². The van der Waals surface area contributed by atoms with Gasteiger partial charge in [0.25, 0.3) is 0 Å². The Morgan fingerprint density at radius 3 is 0.507 bits per heavy atom. The molecule has 9 rings (SSSR count). The van der Waals surface area contributed by atoms with Crippen LogP contribution in [0, 0.1) is 17.4 Å². The first kappa shape index (κ1) is 52.3. The SMILES string of the molecule is N#N.[C-]#[N+]c1ccccc1.[Mo].c1ccc(P(CCP(c2ccccc2)c2ccccc2)c2ccccc2)cc1.c1ccc(P(CCP(c2ccccc2)c2ccccc2)c2ccccc2)cc1. The number of para-hydroxylation sites is 1. The third-order valence-corrected chi connectivity index (χ3v) is 21.3. The summed E-state index contributed by atoms with van der Waals surface area (Å²) in [6.45, 7) is 6.57. The molecule has 67 heavy (non-hydrogen) atoms. The van der Waals surface area contributed by atoms with E-state index in [1.54, 1.807) is 12.1 Å². The predicted molar refractivity (Wildman–Crippen MR) is 292 cm³/mol. The summed E-state index contributed by atoms with van der Waals surface area (Å²) < 4.78 is 0. The van der Waals surface area contributed by atoms with Crippen molar-refractivity contribution in [2.24, 2.45) is 0 Å². The van der Waals surface area contributed by atoms with Crippen molar-refractivity contribution in [3.63, 3.8) is 0 Å². The van der Waals surface area contributed by atoms with Gasteiger partial charge in [-0.05, 0) is 98.8 Å². The van der Waals surface area contributed by atoms with Gasteiger partial charge in [-0.25, -0.2) is 4.85 Å². The van der Waals surface area contributed by atoms with Crippen LogP contribution in [0.4, 0.5) is 5.69 Å². The van der Waals surface area contributed by atoms with Crippen molar-refractivity contribution < 1.29 is 21.1 Å². The van der Waals surface area contributed by atoms with E-state index in [1.807, 2.05) is 18.2 Å². The molecule has 0 amide bonds. The molecule has 0 unspecified atom stereocenters. The van der Waals surface area contributed by atoms with Gasteiger partial charge in [-0.15, -0.1) is 0 Å². The van der Waals surface area contributed by atoms with E-state index in [0.29, 0.717) is 5.69 Å². The summed E-state index contributed by atoms with van der Waals surface area (Å²) in [5, 5.41) is 23.8. The molecule has 9 aromatic carbocycles. The molecule has 0 N–H and O–H groups in total. The molecule has 0 fully saturated rings. The smallest absolute Gasteiger partial charge is 0.187 e. The van der Waals surface area contributed by atoms with Gasteiger partial charge in [-0.3, -0.25) is 0 Å². The molecule has 0 saturated carbocycles. The molecule has 0 saturated heterocycles. The van der Waals surface area contributed by atoms with Crippen LogP contribution in [-0.4, -0.2) is 24.6 Å². The van der Waals surface area contributed by atoms with E-state index >= 15 is 0 Å². The van der Waals surface area contributed by atoms with Gasteiger partial charge in [0.05, 0.1) is 6.57 Å². The molecule has 0 aromatic heterocycles. The second-order valence-corrected chi connectivity index (χ2v) is 24.1. The molecule has 0 heterocycles. The maximum Gasteiger partial charge on any atom is 0.187 e. The molecule has 3 nitrogen and oxygen atoms in total. The van der Waals surface area contributed by atoms with Crippen LogP contribution in [0.15, 0.2) is 273 Å². The van der Waals surface area contributed by atoms with Crippen LogP contribution >= 0.6 is 31.7 Å². The van der Waals surface area contributed by atoms with Crippen molar-refractivity contribution in [2.45, 2.75) is 0 Å². The number of benzene rings is 9. The molecule has 0 bridgehead atoms. The molecular weight excluding hydrogens is 971 g/mol. The third-order valence-electron chi connectivity index (χ3n) is 10.5. The van der Waals surface area contributed by atoms with Crippen LogP contribution in [0.25, 0.3) is 4.85 Å². The molecule has 9 aromatic rings. The maximum absolute atomic E-state index is 6.57. The van der Waals surface area contributed by atoms with Gasteiger partial charge in [0.2, 0.25) is 0 Å². The first-order valence-electron chi connectivity index (χ1n) is 21.9. The number of hydrogen-bond acceptors (Lipinski definition) is 2. The summed E-state index contributed by atoms with van der Waals surface area (Å²) in [7, 11) is -1.39. The Hall–Kier alpha value is -5.70. The number of nitrogens with zero attached hydrogens (tertiary/aromatic N) is 3. The van der Waals surface area contributed by atoms with E-state index in [4.69, 9.17) is 17.4 Å². The van der Waals surface area contributed by atoms with E-state index in [0.717, 1.165) is 0 Å². The Balaban J connectivity index is 0.000000206. The standard InChI is InChI=1S/2C26H24P2.C7H5N.Mo.N2/c2*1-5-13-23(14-6-1)27(24-15-7-2-8-16-24)21-22-28(25-17-9-3-10-18-25)26-19-11-4-12-20-26;1-8-7-5-3-2-4-6-7;;1-2/h2*1-20H,21-22H2;2-6H;;. The Labute approximate surface area is 417 Å². The maximum atomic E-state index is 6.57. The second kappa shape index (κ2) is 30.6. The van der Waals surface area contributed by atoms with Crippen molar-refractivity contribution in [1.82, 2.24) is 0 Å². The van der Waals surface area contributed by atoms with Gasteiger partial charge in [0, 0.05) is 31.9 Å². The van der Waals surface area contributed by atoms with E-state index in [1.165, 1.54) is 67.1 Å². The molecule has 0 radical (unpaired) electrons. The zero-order chi connectivity index (χ0) is 45.9. The minimum atomic E-state index is -0.348. The molecule has 0 aliphatic heterocycles. The summed E-state index contributed by atoms with van der Waals surface area (Å²) in [4.78, 5) is 3.22. The zero-order valence-electron chi connectivity index (χ0n) is 37.3. The van der Waals surface area contributed by atoms with Crippen LogP contribution in [0.1, 0.15) is 0 Å². The number of hydrogen-bond donors (Lipinski definition) is 0. The molecule has 0 aliphatic rings. The van der Waals surface area contributed by atoms with Crippen molar-refractivity contribution in [3.8, 4) is 0 Å². The summed E-state index contributed by atoms with van der Waals surface area (Å²) in [6, 6.07) is 97.6. The summed E-state index contributed by atoms with van der Waals surface area (Å²) >= 11 is 0. The quantitative estimate of drug-likeness (QED) is 0.0472. The van der Waals surface area contributed by atoms with Crippen LogP contribution < -0.4 is 42.4 Å². The van der Waals surface area contributed by atoms with Gasteiger partial charge in [-0.1, -0.05) is 273 Å². The van der Waals surface area contributed by atoms with Gasteiger partial charge in [0.1, 0.15) is 0 Å². The molecule has 0 spiro atoms. The van der Waals surface area contributed by atoms with E-state index in [2.05, 4.69) is 247 Å². The van der Waals surface area contributed by atoms with E-state index in [9.17, 15) is 0 Å². The van der Waals surface area contributed by atoms with Crippen LogP contribution in [-0.2, 0) is 21.1 Å². The van der Waals surface area contributed by atoms with Crippen molar-refractivity contribution in [3.05, 3.63) is 284 Å². The predicted octanol–water partition coefficient (Wildman–Crippen LogP) is 12.8. The fraction of sp³-hybridized carbons (Fsp3) is 0.0678. The Morgan fingerprint density at radius 1 is 0.254 bits per heavy atom. The normalized spacial score (nSPS) is 10.2. The molecule has 330 valence electrons.